The first-order valence-electron chi connectivity index (χ1n) is 7.48. The number of guanidine groups is 1. The summed E-state index contributed by atoms with van der Waals surface area (Å²) in [7, 11) is 4.05. The third kappa shape index (κ3) is 2.19. The number of anilines is 2. The van der Waals surface area contributed by atoms with E-state index in [1.807, 2.05) is 38.4 Å². The minimum Gasteiger partial charge on any atom is -0.378 e. The summed E-state index contributed by atoms with van der Waals surface area (Å²) >= 11 is 0. The van der Waals surface area contributed by atoms with Crippen molar-refractivity contribution in [2.24, 2.45) is 10.7 Å². The van der Waals surface area contributed by atoms with Crippen LogP contribution < -0.4 is 16.0 Å². The van der Waals surface area contributed by atoms with Gasteiger partial charge in [0.25, 0.3) is 0 Å². The van der Waals surface area contributed by atoms with Gasteiger partial charge in [-0.2, -0.15) is 0 Å². The van der Waals surface area contributed by atoms with Crippen molar-refractivity contribution in [3.8, 4) is 0 Å². The molecule has 0 saturated heterocycles. The molecule has 1 aromatic heterocycles. The SMILES string of the molecule is CN(C)c1ccc(C2N=C(N)Nc3nc4ccccc4n32)cc1. The van der Waals surface area contributed by atoms with E-state index in [9.17, 15) is 0 Å². The molecule has 0 amide bonds. The highest BCUT2D eigenvalue weighted by atomic mass is 15.4. The summed E-state index contributed by atoms with van der Waals surface area (Å²) in [5.74, 6) is 1.11. The molecule has 1 aliphatic rings. The monoisotopic (exact) mass is 306 g/mol. The van der Waals surface area contributed by atoms with Crippen LogP contribution in [0.2, 0.25) is 0 Å². The molecule has 0 bridgehead atoms. The molecule has 0 saturated carbocycles. The first-order chi connectivity index (χ1) is 11.1. The predicted octanol–water partition coefficient (Wildman–Crippen LogP) is 2.39. The van der Waals surface area contributed by atoms with E-state index in [2.05, 4.69) is 49.0 Å². The molecule has 0 fully saturated rings. The van der Waals surface area contributed by atoms with E-state index < -0.39 is 0 Å². The van der Waals surface area contributed by atoms with Crippen LogP contribution in [0.4, 0.5) is 11.6 Å². The molecule has 4 rings (SSSR count). The van der Waals surface area contributed by atoms with Crippen molar-refractivity contribution < 1.29 is 0 Å². The highest BCUT2D eigenvalue weighted by molar-refractivity contribution is 5.94. The maximum atomic E-state index is 5.95. The maximum Gasteiger partial charge on any atom is 0.212 e. The van der Waals surface area contributed by atoms with Crippen LogP contribution in [0.3, 0.4) is 0 Å². The van der Waals surface area contributed by atoms with Crippen molar-refractivity contribution in [1.29, 1.82) is 0 Å². The Morgan fingerprint density at radius 3 is 2.57 bits per heavy atom. The Morgan fingerprint density at radius 2 is 1.83 bits per heavy atom. The Labute approximate surface area is 134 Å². The summed E-state index contributed by atoms with van der Waals surface area (Å²) in [5, 5.41) is 3.05. The number of hydrogen-bond acceptors (Lipinski definition) is 5. The van der Waals surface area contributed by atoms with Gasteiger partial charge in [0.2, 0.25) is 5.95 Å². The first kappa shape index (κ1) is 13.6. The van der Waals surface area contributed by atoms with Crippen LogP contribution >= 0.6 is 0 Å². The Kier molecular flexibility index (Phi) is 2.97. The van der Waals surface area contributed by atoms with Crippen LogP contribution in [-0.4, -0.2) is 29.6 Å². The number of nitrogens with two attached hydrogens (primary N) is 1. The van der Waals surface area contributed by atoms with Crippen molar-refractivity contribution in [2.75, 3.05) is 24.3 Å². The standard InChI is InChI=1S/C17H18N6/c1-22(2)12-9-7-11(8-10-12)15-20-16(18)21-17-19-13-5-3-4-6-14(13)23(15)17/h3-10,15H,1-2H3,(H3,18,19,20,21). The molecule has 2 aromatic carbocycles. The molecule has 23 heavy (non-hydrogen) atoms. The number of aromatic nitrogens is 2. The topological polar surface area (TPSA) is 71.5 Å². The first-order valence-corrected chi connectivity index (χ1v) is 7.48. The largest absolute Gasteiger partial charge is 0.378 e. The lowest BCUT2D eigenvalue weighted by molar-refractivity contribution is 0.626. The second kappa shape index (κ2) is 5.01. The smallest absolute Gasteiger partial charge is 0.212 e. The van der Waals surface area contributed by atoms with E-state index in [0.29, 0.717) is 5.96 Å². The highest BCUT2D eigenvalue weighted by Gasteiger charge is 2.24. The zero-order valence-corrected chi connectivity index (χ0v) is 13.1. The molecule has 0 radical (unpaired) electrons. The molecule has 3 N–H and O–H groups in total. The van der Waals surface area contributed by atoms with Crippen molar-refractivity contribution in [1.82, 2.24) is 9.55 Å². The van der Waals surface area contributed by atoms with E-state index in [4.69, 9.17) is 5.73 Å². The molecular formula is C17H18N6. The minimum atomic E-state index is -0.213. The van der Waals surface area contributed by atoms with Gasteiger partial charge in [-0.1, -0.05) is 24.3 Å². The van der Waals surface area contributed by atoms with Crippen molar-refractivity contribution in [3.63, 3.8) is 0 Å². The minimum absolute atomic E-state index is 0.213. The van der Waals surface area contributed by atoms with Gasteiger partial charge in [0.1, 0.15) is 0 Å². The number of aliphatic imine (C=N–C) groups is 1. The van der Waals surface area contributed by atoms with Crippen LogP contribution in [0.15, 0.2) is 53.5 Å². The summed E-state index contributed by atoms with van der Waals surface area (Å²) < 4.78 is 2.08. The Morgan fingerprint density at radius 1 is 1.09 bits per heavy atom. The van der Waals surface area contributed by atoms with Gasteiger partial charge in [-0.3, -0.25) is 9.88 Å². The third-order valence-electron chi connectivity index (χ3n) is 4.05. The van der Waals surface area contributed by atoms with Crippen LogP contribution in [0, 0.1) is 0 Å². The predicted molar refractivity (Wildman–Crippen MR) is 93.9 cm³/mol. The van der Waals surface area contributed by atoms with E-state index in [1.54, 1.807) is 0 Å². The fourth-order valence-electron chi connectivity index (χ4n) is 2.88. The molecule has 0 spiro atoms. The van der Waals surface area contributed by atoms with Crippen molar-refractivity contribution >= 4 is 28.6 Å². The molecule has 116 valence electrons. The second-order valence-electron chi connectivity index (χ2n) is 5.79. The van der Waals surface area contributed by atoms with E-state index in [-0.39, 0.29) is 6.17 Å². The molecule has 1 atom stereocenters. The van der Waals surface area contributed by atoms with Gasteiger partial charge in [-0.15, -0.1) is 0 Å². The summed E-state index contributed by atoms with van der Waals surface area (Å²) in [6.07, 6.45) is -0.213. The number of fused-ring (bicyclic) bond motifs is 3. The number of hydrogen-bond donors (Lipinski definition) is 2. The van der Waals surface area contributed by atoms with Gasteiger partial charge in [-0.25, -0.2) is 9.98 Å². The zero-order chi connectivity index (χ0) is 16.0. The van der Waals surface area contributed by atoms with Gasteiger partial charge < -0.3 is 10.6 Å². The zero-order valence-electron chi connectivity index (χ0n) is 13.1. The molecule has 6 nitrogen and oxygen atoms in total. The lowest BCUT2D eigenvalue weighted by atomic mass is 10.1. The molecule has 3 aromatic rings. The van der Waals surface area contributed by atoms with Crippen LogP contribution in [0.5, 0.6) is 0 Å². The summed E-state index contributed by atoms with van der Waals surface area (Å²) in [4.78, 5) is 11.3. The normalized spacial score (nSPS) is 16.6. The average molecular weight is 306 g/mol. The van der Waals surface area contributed by atoms with Crippen LogP contribution in [0.1, 0.15) is 11.7 Å². The Balaban J connectivity index is 1.86. The number of benzene rings is 2. The number of rotatable bonds is 2. The third-order valence-corrected chi connectivity index (χ3v) is 4.05. The molecule has 6 heteroatoms. The van der Waals surface area contributed by atoms with Crippen molar-refractivity contribution in [2.45, 2.75) is 6.17 Å². The highest BCUT2D eigenvalue weighted by Crippen LogP contribution is 2.32. The number of para-hydroxylation sites is 2. The molecule has 2 heterocycles. The quantitative estimate of drug-likeness (QED) is 0.762. The summed E-state index contributed by atoms with van der Waals surface area (Å²) in [6, 6.07) is 16.4. The number of nitrogens with one attached hydrogen (secondary N) is 1. The summed E-state index contributed by atoms with van der Waals surface area (Å²) in [5.41, 5.74) is 10.1. The summed E-state index contributed by atoms with van der Waals surface area (Å²) in [6.45, 7) is 0. The van der Waals surface area contributed by atoms with Gasteiger partial charge in [-0.05, 0) is 29.8 Å². The fourth-order valence-corrected chi connectivity index (χ4v) is 2.88. The van der Waals surface area contributed by atoms with E-state index in [1.165, 1.54) is 0 Å². The average Bonchev–Trinajstić information content (AvgIpc) is 2.92. The molecular weight excluding hydrogens is 288 g/mol. The van der Waals surface area contributed by atoms with Gasteiger partial charge in [0.05, 0.1) is 11.0 Å². The molecule has 0 aliphatic carbocycles. The van der Waals surface area contributed by atoms with Crippen molar-refractivity contribution in [3.05, 3.63) is 54.1 Å². The molecule has 1 unspecified atom stereocenters. The second-order valence-corrected chi connectivity index (χ2v) is 5.79. The van der Waals surface area contributed by atoms with Crippen LogP contribution in [-0.2, 0) is 0 Å². The Bertz CT molecular complexity index is 891. The maximum absolute atomic E-state index is 5.95. The molecule has 1 aliphatic heterocycles. The van der Waals surface area contributed by atoms with Gasteiger partial charge >= 0.3 is 0 Å². The lowest BCUT2D eigenvalue weighted by Gasteiger charge is -2.24. The van der Waals surface area contributed by atoms with E-state index >= 15 is 0 Å². The number of imidazole rings is 1. The van der Waals surface area contributed by atoms with Crippen LogP contribution in [0.25, 0.3) is 11.0 Å². The van der Waals surface area contributed by atoms with Gasteiger partial charge in [0, 0.05) is 19.8 Å². The van der Waals surface area contributed by atoms with Gasteiger partial charge in [0.15, 0.2) is 12.1 Å². The Hall–Kier alpha value is -3.02. The lowest BCUT2D eigenvalue weighted by Crippen LogP contribution is -2.31. The fraction of sp³-hybridized carbons (Fsp3) is 0.176. The number of nitrogens with zero attached hydrogens (tertiary/aromatic N) is 4. The van der Waals surface area contributed by atoms with E-state index in [0.717, 1.165) is 28.2 Å².